The van der Waals surface area contributed by atoms with E-state index in [1.54, 1.807) is 0 Å². The highest BCUT2D eigenvalue weighted by Gasteiger charge is 2.47. The molecular weight excluding hydrogens is 208 g/mol. The molecule has 0 saturated carbocycles. The van der Waals surface area contributed by atoms with E-state index in [0.29, 0.717) is 6.04 Å². The van der Waals surface area contributed by atoms with Crippen molar-refractivity contribution in [2.45, 2.75) is 37.5 Å². The summed E-state index contributed by atoms with van der Waals surface area (Å²) in [5, 5.41) is 12.2. The van der Waals surface area contributed by atoms with Gasteiger partial charge in [0.1, 0.15) is 0 Å². The van der Waals surface area contributed by atoms with Crippen LogP contribution in [0.3, 0.4) is 0 Å². The van der Waals surface area contributed by atoms with Gasteiger partial charge in [0, 0.05) is 25.7 Å². The highest BCUT2D eigenvalue weighted by Crippen LogP contribution is 2.30. The number of carbonyl (C=O) groups is 1. The molecule has 5 nitrogen and oxygen atoms in total. The van der Waals surface area contributed by atoms with Crippen LogP contribution in [0.25, 0.3) is 0 Å². The molecule has 5 heteroatoms. The van der Waals surface area contributed by atoms with Crippen molar-refractivity contribution in [2.75, 3.05) is 26.7 Å². The number of carboxylic acids is 1. The normalized spacial score (nSPS) is 32.7. The first-order valence-electron chi connectivity index (χ1n) is 5.82. The standard InChI is InChI=1S/C11H20N2O3/c1-8-9(3-4-16-8)13(2)11(5-10(14)15)6-12-7-11/h8-9,12H,3-7H2,1-2H3,(H,14,15). The van der Waals surface area contributed by atoms with E-state index >= 15 is 0 Å². The second kappa shape index (κ2) is 4.31. The number of aliphatic carboxylic acids is 1. The molecule has 0 aromatic heterocycles. The Morgan fingerprint density at radius 1 is 1.62 bits per heavy atom. The Kier molecular flexibility index (Phi) is 3.19. The number of nitrogens with zero attached hydrogens (tertiary/aromatic N) is 1. The first-order chi connectivity index (χ1) is 7.55. The molecular formula is C11H20N2O3. The predicted octanol–water partition coefficient (Wildman–Crippen LogP) is -0.0877. The number of ether oxygens (including phenoxy) is 1. The molecule has 2 aliphatic heterocycles. The van der Waals surface area contributed by atoms with E-state index in [0.717, 1.165) is 26.1 Å². The van der Waals surface area contributed by atoms with Crippen molar-refractivity contribution in [1.29, 1.82) is 0 Å². The highest BCUT2D eigenvalue weighted by molar-refractivity contribution is 5.68. The molecule has 2 unspecified atom stereocenters. The second-order valence-electron chi connectivity index (χ2n) is 4.94. The Balaban J connectivity index is 2.05. The number of hydrogen-bond acceptors (Lipinski definition) is 4. The summed E-state index contributed by atoms with van der Waals surface area (Å²) in [5.74, 6) is -0.722. The van der Waals surface area contributed by atoms with Crippen molar-refractivity contribution in [3.8, 4) is 0 Å². The predicted molar refractivity (Wildman–Crippen MR) is 59.4 cm³/mol. The highest BCUT2D eigenvalue weighted by atomic mass is 16.5. The molecule has 0 aromatic carbocycles. The average Bonchev–Trinajstić information content (AvgIpc) is 2.56. The molecule has 0 amide bonds. The van der Waals surface area contributed by atoms with Gasteiger partial charge in [-0.2, -0.15) is 0 Å². The summed E-state index contributed by atoms with van der Waals surface area (Å²) < 4.78 is 5.55. The maximum atomic E-state index is 10.9. The van der Waals surface area contributed by atoms with Crippen molar-refractivity contribution in [2.24, 2.45) is 0 Å². The zero-order chi connectivity index (χ0) is 11.8. The molecule has 0 aromatic rings. The average molecular weight is 228 g/mol. The largest absolute Gasteiger partial charge is 0.481 e. The lowest BCUT2D eigenvalue weighted by molar-refractivity contribution is -0.142. The monoisotopic (exact) mass is 228 g/mol. The van der Waals surface area contributed by atoms with E-state index in [1.165, 1.54) is 0 Å². The summed E-state index contributed by atoms with van der Waals surface area (Å²) >= 11 is 0. The summed E-state index contributed by atoms with van der Waals surface area (Å²) in [5.41, 5.74) is -0.210. The lowest BCUT2D eigenvalue weighted by Crippen LogP contribution is -2.71. The molecule has 2 heterocycles. The third-order valence-electron chi connectivity index (χ3n) is 3.97. The number of rotatable bonds is 4. The summed E-state index contributed by atoms with van der Waals surface area (Å²) in [6, 6.07) is 0.349. The summed E-state index contributed by atoms with van der Waals surface area (Å²) in [4.78, 5) is 13.1. The first-order valence-corrected chi connectivity index (χ1v) is 5.82. The Morgan fingerprint density at radius 3 is 2.69 bits per heavy atom. The van der Waals surface area contributed by atoms with Gasteiger partial charge < -0.3 is 15.2 Å². The molecule has 92 valence electrons. The third kappa shape index (κ3) is 1.95. The maximum Gasteiger partial charge on any atom is 0.305 e. The van der Waals surface area contributed by atoms with Crippen molar-refractivity contribution < 1.29 is 14.6 Å². The first kappa shape index (κ1) is 11.8. The van der Waals surface area contributed by atoms with Crippen LogP contribution in [0.15, 0.2) is 0 Å². The Bertz CT molecular complexity index is 278. The lowest BCUT2D eigenvalue weighted by atomic mass is 9.85. The molecule has 2 fully saturated rings. The smallest absolute Gasteiger partial charge is 0.305 e. The number of likely N-dealkylation sites (N-methyl/N-ethyl adjacent to an activating group) is 1. The molecule has 2 rings (SSSR count). The summed E-state index contributed by atoms with van der Waals surface area (Å²) in [6.45, 7) is 4.37. The molecule has 0 bridgehead atoms. The van der Waals surface area contributed by atoms with Crippen molar-refractivity contribution in [3.63, 3.8) is 0 Å². The summed E-state index contributed by atoms with van der Waals surface area (Å²) in [6.07, 6.45) is 1.41. The van der Waals surface area contributed by atoms with Gasteiger partial charge in [-0.1, -0.05) is 0 Å². The van der Waals surface area contributed by atoms with Gasteiger partial charge in [-0.3, -0.25) is 9.69 Å². The van der Waals surface area contributed by atoms with Crippen LogP contribution in [-0.4, -0.2) is 60.4 Å². The lowest BCUT2D eigenvalue weighted by Gasteiger charge is -2.51. The van der Waals surface area contributed by atoms with Gasteiger partial charge in [0.05, 0.1) is 18.1 Å². The minimum atomic E-state index is -0.722. The van der Waals surface area contributed by atoms with E-state index < -0.39 is 5.97 Å². The van der Waals surface area contributed by atoms with Crippen LogP contribution < -0.4 is 5.32 Å². The molecule has 2 aliphatic rings. The van der Waals surface area contributed by atoms with Gasteiger partial charge in [0.25, 0.3) is 0 Å². The molecule has 0 spiro atoms. The van der Waals surface area contributed by atoms with Gasteiger partial charge in [-0.25, -0.2) is 0 Å². The van der Waals surface area contributed by atoms with Gasteiger partial charge in [-0.15, -0.1) is 0 Å². The van der Waals surface area contributed by atoms with Crippen LogP contribution in [0.2, 0.25) is 0 Å². The van der Waals surface area contributed by atoms with Gasteiger partial charge in [0.2, 0.25) is 0 Å². The fourth-order valence-corrected chi connectivity index (χ4v) is 2.77. The van der Waals surface area contributed by atoms with Crippen molar-refractivity contribution >= 4 is 5.97 Å². The molecule has 2 atom stereocenters. The van der Waals surface area contributed by atoms with Crippen molar-refractivity contribution in [1.82, 2.24) is 10.2 Å². The minimum Gasteiger partial charge on any atom is -0.481 e. The van der Waals surface area contributed by atoms with Gasteiger partial charge >= 0.3 is 5.97 Å². The van der Waals surface area contributed by atoms with Crippen LogP contribution in [0.5, 0.6) is 0 Å². The molecule has 2 saturated heterocycles. The van der Waals surface area contributed by atoms with E-state index in [-0.39, 0.29) is 18.1 Å². The van der Waals surface area contributed by atoms with Crippen LogP contribution in [0, 0.1) is 0 Å². The molecule has 16 heavy (non-hydrogen) atoms. The Hall–Kier alpha value is -0.650. The Labute approximate surface area is 95.8 Å². The van der Waals surface area contributed by atoms with Crippen molar-refractivity contribution in [3.05, 3.63) is 0 Å². The van der Waals surface area contributed by atoms with Crippen LogP contribution in [0.1, 0.15) is 19.8 Å². The third-order valence-corrected chi connectivity index (χ3v) is 3.97. The number of carboxylic acid groups (broad SMARTS) is 1. The SMILES string of the molecule is CC1OCCC1N(C)C1(CC(=O)O)CNC1. The number of hydrogen-bond donors (Lipinski definition) is 2. The fraction of sp³-hybridized carbons (Fsp3) is 0.909. The van der Waals surface area contributed by atoms with E-state index in [2.05, 4.69) is 17.1 Å². The van der Waals surface area contributed by atoms with Crippen LogP contribution in [0.4, 0.5) is 0 Å². The molecule has 0 radical (unpaired) electrons. The fourth-order valence-electron chi connectivity index (χ4n) is 2.77. The second-order valence-corrected chi connectivity index (χ2v) is 4.94. The van der Waals surface area contributed by atoms with Crippen LogP contribution >= 0.6 is 0 Å². The quantitative estimate of drug-likeness (QED) is 0.704. The topological polar surface area (TPSA) is 61.8 Å². The maximum absolute atomic E-state index is 10.9. The minimum absolute atomic E-state index is 0.205. The van der Waals surface area contributed by atoms with Crippen LogP contribution in [-0.2, 0) is 9.53 Å². The van der Waals surface area contributed by atoms with E-state index in [1.807, 2.05) is 7.05 Å². The van der Waals surface area contributed by atoms with Gasteiger partial charge in [0.15, 0.2) is 0 Å². The molecule has 0 aliphatic carbocycles. The van der Waals surface area contributed by atoms with E-state index in [4.69, 9.17) is 9.84 Å². The summed E-state index contributed by atoms with van der Waals surface area (Å²) in [7, 11) is 2.03. The Morgan fingerprint density at radius 2 is 2.31 bits per heavy atom. The number of nitrogens with one attached hydrogen (secondary N) is 1. The van der Waals surface area contributed by atoms with Gasteiger partial charge in [-0.05, 0) is 20.4 Å². The zero-order valence-electron chi connectivity index (χ0n) is 9.90. The van der Waals surface area contributed by atoms with E-state index in [9.17, 15) is 4.79 Å². The zero-order valence-corrected chi connectivity index (χ0v) is 9.90. The molecule has 2 N–H and O–H groups in total.